The van der Waals surface area contributed by atoms with Gasteiger partial charge in [-0.15, -0.1) is 0 Å². The highest BCUT2D eigenvalue weighted by atomic mass is 15.1. The number of nitrogens with zero attached hydrogens (tertiary/aromatic N) is 1. The third-order valence-corrected chi connectivity index (χ3v) is 15.0. The van der Waals surface area contributed by atoms with Crippen LogP contribution in [0.2, 0.25) is 0 Å². The molecule has 0 N–H and O–H groups in total. The molecule has 5 saturated carbocycles. The molecule has 0 unspecified atom stereocenters. The Balaban J connectivity index is 1.10. The zero-order valence-corrected chi connectivity index (χ0v) is 29.9. The van der Waals surface area contributed by atoms with Crippen molar-refractivity contribution in [1.82, 2.24) is 0 Å². The van der Waals surface area contributed by atoms with Gasteiger partial charge < -0.3 is 4.90 Å². The van der Waals surface area contributed by atoms with Crippen molar-refractivity contribution in [3.05, 3.63) is 162 Å². The molecule has 0 heterocycles. The summed E-state index contributed by atoms with van der Waals surface area (Å²) < 4.78 is 0. The Hall–Kier alpha value is -4.88. The molecule has 0 atom stereocenters. The first-order valence-electron chi connectivity index (χ1n) is 20.2. The number of anilines is 3. The highest BCUT2D eigenvalue weighted by Crippen LogP contribution is 2.70. The van der Waals surface area contributed by atoms with E-state index < -0.39 is 0 Å². The molecule has 0 radical (unpaired) electrons. The van der Waals surface area contributed by atoms with Crippen LogP contribution in [-0.2, 0) is 10.8 Å². The first-order chi connectivity index (χ1) is 25.7. The first-order valence-corrected chi connectivity index (χ1v) is 20.2. The van der Waals surface area contributed by atoms with Gasteiger partial charge in [0, 0.05) is 27.8 Å². The number of hydrogen-bond acceptors (Lipinski definition) is 1. The van der Waals surface area contributed by atoms with Crippen molar-refractivity contribution in [2.45, 2.75) is 68.6 Å². The molecular formula is C51H45N. The number of rotatable bonds is 4. The first kappa shape index (κ1) is 29.7. The van der Waals surface area contributed by atoms with E-state index in [0.29, 0.717) is 0 Å². The molecule has 254 valence electrons. The van der Waals surface area contributed by atoms with E-state index in [4.69, 9.17) is 0 Å². The average molecular weight is 672 g/mol. The summed E-state index contributed by atoms with van der Waals surface area (Å²) in [5.74, 6) is 3.43. The number of fused-ring (bicyclic) bond motifs is 8. The molecule has 0 aromatic heterocycles. The van der Waals surface area contributed by atoms with Gasteiger partial charge in [0.05, 0.1) is 5.69 Å². The van der Waals surface area contributed by atoms with Gasteiger partial charge in [-0.05, 0) is 149 Å². The SMILES string of the molecule is c1ccc(-c2cccc(N(c3ccc4c(c3)-c3ccccc3C43C4CC5CC(C4)CC3C5)c3cccc4c3-c3ccccc3C43CCCC3)c2)cc1. The Kier molecular flexibility index (Phi) is 6.18. The number of hydrogen-bond donors (Lipinski definition) is 0. The molecule has 6 aromatic carbocycles. The summed E-state index contributed by atoms with van der Waals surface area (Å²) in [6.45, 7) is 0. The minimum atomic E-state index is 0.127. The molecule has 5 fully saturated rings. The van der Waals surface area contributed by atoms with Crippen LogP contribution in [0.1, 0.15) is 80.0 Å². The van der Waals surface area contributed by atoms with Crippen LogP contribution in [0.5, 0.6) is 0 Å². The van der Waals surface area contributed by atoms with Crippen molar-refractivity contribution in [2.24, 2.45) is 23.7 Å². The second kappa shape index (κ2) is 10.8. The largest absolute Gasteiger partial charge is 0.310 e. The second-order valence-electron chi connectivity index (χ2n) is 17.2. The molecule has 7 aliphatic carbocycles. The minimum absolute atomic E-state index is 0.127. The number of benzene rings is 6. The van der Waals surface area contributed by atoms with Gasteiger partial charge in [-0.2, -0.15) is 0 Å². The van der Waals surface area contributed by atoms with Gasteiger partial charge >= 0.3 is 0 Å². The summed E-state index contributed by atoms with van der Waals surface area (Å²) in [4.78, 5) is 2.61. The second-order valence-corrected chi connectivity index (χ2v) is 17.2. The lowest BCUT2D eigenvalue weighted by molar-refractivity contribution is -0.0399. The molecule has 1 nitrogen and oxygen atoms in total. The van der Waals surface area contributed by atoms with Gasteiger partial charge in [0.2, 0.25) is 0 Å². The fourth-order valence-corrected chi connectivity index (χ4v) is 13.4. The molecule has 13 rings (SSSR count). The van der Waals surface area contributed by atoms with E-state index in [1.165, 1.54) is 114 Å². The Morgan fingerprint density at radius 2 is 1.06 bits per heavy atom. The minimum Gasteiger partial charge on any atom is -0.310 e. The zero-order valence-electron chi connectivity index (χ0n) is 29.9. The quantitative estimate of drug-likeness (QED) is 0.180. The standard InChI is InChI=1S/C51H45N/c1-2-12-35(13-3-1)36-14-10-15-39(31-36)52(48-21-11-20-47-49(48)42-17-5-6-18-44(42)50(47)24-8-9-25-50)40-22-23-46-43(32-40)41-16-4-7-19-45(41)51(46)37-27-33-26-34(29-37)30-38(51)28-33/h1-7,10-23,31-34,37-38H,8-9,24-30H2. The van der Waals surface area contributed by atoms with Crippen LogP contribution in [0.25, 0.3) is 33.4 Å². The predicted octanol–water partition coefficient (Wildman–Crippen LogP) is 13.4. The van der Waals surface area contributed by atoms with Crippen LogP contribution >= 0.6 is 0 Å². The molecule has 1 heteroatoms. The van der Waals surface area contributed by atoms with E-state index >= 15 is 0 Å². The van der Waals surface area contributed by atoms with Crippen molar-refractivity contribution >= 4 is 17.1 Å². The topological polar surface area (TPSA) is 3.24 Å². The lowest BCUT2D eigenvalue weighted by Crippen LogP contribution is -2.55. The van der Waals surface area contributed by atoms with Crippen molar-refractivity contribution in [3.8, 4) is 33.4 Å². The maximum Gasteiger partial charge on any atom is 0.0543 e. The maximum absolute atomic E-state index is 2.61. The molecule has 0 amide bonds. The fourth-order valence-electron chi connectivity index (χ4n) is 13.4. The monoisotopic (exact) mass is 671 g/mol. The van der Waals surface area contributed by atoms with Gasteiger partial charge in [-0.1, -0.05) is 122 Å². The molecule has 6 aromatic rings. The van der Waals surface area contributed by atoms with Crippen LogP contribution in [0.3, 0.4) is 0 Å². The van der Waals surface area contributed by atoms with Gasteiger partial charge in [0.15, 0.2) is 0 Å². The molecule has 0 saturated heterocycles. The van der Waals surface area contributed by atoms with E-state index in [0.717, 1.165) is 23.7 Å². The van der Waals surface area contributed by atoms with Crippen molar-refractivity contribution in [1.29, 1.82) is 0 Å². The van der Waals surface area contributed by atoms with E-state index in [1.54, 1.807) is 16.7 Å². The smallest absolute Gasteiger partial charge is 0.0543 e. The van der Waals surface area contributed by atoms with E-state index in [2.05, 4.69) is 144 Å². The summed E-state index contributed by atoms with van der Waals surface area (Å²) in [7, 11) is 0. The Bertz CT molecular complexity index is 2360. The Morgan fingerprint density at radius 1 is 0.442 bits per heavy atom. The maximum atomic E-state index is 2.61. The summed E-state index contributed by atoms with van der Waals surface area (Å²) in [6.07, 6.45) is 12.2. The molecule has 4 bridgehead atoms. The van der Waals surface area contributed by atoms with E-state index in [1.807, 2.05) is 0 Å². The molecule has 52 heavy (non-hydrogen) atoms. The molecule has 2 spiro atoms. The van der Waals surface area contributed by atoms with E-state index in [-0.39, 0.29) is 10.8 Å². The molecular weight excluding hydrogens is 627 g/mol. The average Bonchev–Trinajstić information content (AvgIpc) is 3.88. The predicted molar refractivity (Wildman–Crippen MR) is 215 cm³/mol. The third-order valence-electron chi connectivity index (χ3n) is 15.0. The zero-order chi connectivity index (χ0) is 34.0. The molecule has 7 aliphatic rings. The molecule has 0 aliphatic heterocycles. The van der Waals surface area contributed by atoms with Crippen LogP contribution < -0.4 is 4.90 Å². The lowest BCUT2D eigenvalue weighted by Gasteiger charge is -2.61. The van der Waals surface area contributed by atoms with Gasteiger partial charge in [-0.3, -0.25) is 0 Å². The van der Waals surface area contributed by atoms with E-state index in [9.17, 15) is 0 Å². The van der Waals surface area contributed by atoms with Crippen molar-refractivity contribution in [3.63, 3.8) is 0 Å². The normalized spacial score (nSPS) is 26.4. The highest BCUT2D eigenvalue weighted by Gasteiger charge is 2.61. The Morgan fingerprint density at radius 3 is 1.85 bits per heavy atom. The van der Waals surface area contributed by atoms with Gasteiger partial charge in [0.25, 0.3) is 0 Å². The highest BCUT2D eigenvalue weighted by molar-refractivity contribution is 5.97. The van der Waals surface area contributed by atoms with Crippen LogP contribution in [0.4, 0.5) is 17.1 Å². The van der Waals surface area contributed by atoms with Crippen LogP contribution in [0.15, 0.2) is 140 Å². The van der Waals surface area contributed by atoms with Crippen molar-refractivity contribution in [2.75, 3.05) is 4.90 Å². The lowest BCUT2D eigenvalue weighted by atomic mass is 9.43. The fraction of sp³-hybridized carbons (Fsp3) is 0.294. The van der Waals surface area contributed by atoms with Crippen LogP contribution in [-0.4, -0.2) is 0 Å². The van der Waals surface area contributed by atoms with Crippen LogP contribution in [0, 0.1) is 23.7 Å². The summed E-state index contributed by atoms with van der Waals surface area (Å²) in [5.41, 5.74) is 18.7. The summed E-state index contributed by atoms with van der Waals surface area (Å²) in [5, 5.41) is 0. The van der Waals surface area contributed by atoms with Gasteiger partial charge in [-0.25, -0.2) is 0 Å². The van der Waals surface area contributed by atoms with Crippen molar-refractivity contribution < 1.29 is 0 Å². The third kappa shape index (κ3) is 3.85. The van der Waals surface area contributed by atoms with Gasteiger partial charge in [0.1, 0.15) is 0 Å². The Labute approximate surface area is 308 Å². The summed E-state index contributed by atoms with van der Waals surface area (Å²) >= 11 is 0. The summed E-state index contributed by atoms with van der Waals surface area (Å²) in [6, 6.07) is 54.0.